The second kappa shape index (κ2) is 6.59. The maximum Gasteiger partial charge on any atom is 0.264 e. The molecule has 0 aliphatic heterocycles. The average molecular weight is 349 g/mol. The van der Waals surface area contributed by atoms with E-state index in [9.17, 15) is 9.59 Å². The molecule has 1 atom stereocenters. The molecule has 0 fully saturated rings. The monoisotopic (exact) mass is 349 g/mol. The molecule has 0 spiro atoms. The molecular formula is C19H19N5O2. The first-order valence-corrected chi connectivity index (χ1v) is 8.58. The Morgan fingerprint density at radius 2 is 2.04 bits per heavy atom. The van der Waals surface area contributed by atoms with Gasteiger partial charge < -0.3 is 10.3 Å². The van der Waals surface area contributed by atoms with Gasteiger partial charge in [-0.05, 0) is 31.7 Å². The highest BCUT2D eigenvalue weighted by molar-refractivity contribution is 5.93. The van der Waals surface area contributed by atoms with E-state index in [0.717, 1.165) is 35.2 Å². The summed E-state index contributed by atoms with van der Waals surface area (Å²) in [7, 11) is 0. The third-order valence-corrected chi connectivity index (χ3v) is 4.72. The van der Waals surface area contributed by atoms with Crippen LogP contribution in [-0.4, -0.2) is 32.1 Å². The van der Waals surface area contributed by atoms with Crippen molar-refractivity contribution >= 4 is 5.91 Å². The number of rotatable bonds is 3. The van der Waals surface area contributed by atoms with Crippen molar-refractivity contribution in [3.05, 3.63) is 69.4 Å². The summed E-state index contributed by atoms with van der Waals surface area (Å²) in [4.78, 5) is 31.8. The predicted molar refractivity (Wildman–Crippen MR) is 96.9 cm³/mol. The van der Waals surface area contributed by atoms with Gasteiger partial charge in [0.1, 0.15) is 11.4 Å². The summed E-state index contributed by atoms with van der Waals surface area (Å²) in [5.41, 5.74) is 3.76. The molecule has 3 aromatic rings. The fourth-order valence-electron chi connectivity index (χ4n) is 3.22. The van der Waals surface area contributed by atoms with Crippen molar-refractivity contribution in [1.82, 2.24) is 25.5 Å². The quantitative estimate of drug-likeness (QED) is 0.670. The highest BCUT2D eigenvalue weighted by Gasteiger charge is 2.23. The number of aromatic nitrogens is 4. The number of amides is 1. The number of fused-ring (bicyclic) bond motifs is 1. The molecule has 1 aromatic carbocycles. The van der Waals surface area contributed by atoms with E-state index in [4.69, 9.17) is 0 Å². The van der Waals surface area contributed by atoms with Gasteiger partial charge in [0.25, 0.3) is 11.5 Å². The number of benzene rings is 1. The first-order valence-electron chi connectivity index (χ1n) is 8.58. The zero-order valence-electron chi connectivity index (χ0n) is 14.4. The minimum atomic E-state index is -0.437. The van der Waals surface area contributed by atoms with Gasteiger partial charge in [0, 0.05) is 23.5 Å². The van der Waals surface area contributed by atoms with Gasteiger partial charge in [-0.1, -0.05) is 29.8 Å². The van der Waals surface area contributed by atoms with Crippen LogP contribution in [-0.2, 0) is 12.8 Å². The summed E-state index contributed by atoms with van der Waals surface area (Å²) in [5.74, 6) is 0.0541. The number of nitrogens with zero attached hydrogens (tertiary/aromatic N) is 2. The minimum absolute atomic E-state index is 0.0104. The molecule has 0 unspecified atom stereocenters. The van der Waals surface area contributed by atoms with Crippen molar-refractivity contribution in [1.29, 1.82) is 0 Å². The largest absolute Gasteiger partial charge is 0.349 e. The molecule has 0 saturated heterocycles. The third-order valence-electron chi connectivity index (χ3n) is 4.72. The lowest BCUT2D eigenvalue weighted by atomic mass is 9.93. The van der Waals surface area contributed by atoms with E-state index in [0.29, 0.717) is 12.2 Å². The summed E-state index contributed by atoms with van der Waals surface area (Å²) < 4.78 is 0. The van der Waals surface area contributed by atoms with Gasteiger partial charge in [-0.25, -0.2) is 4.98 Å². The number of aromatic amines is 2. The second-order valence-electron chi connectivity index (χ2n) is 6.63. The maximum atomic E-state index is 12.5. The molecule has 4 rings (SSSR count). The Kier molecular flexibility index (Phi) is 4.12. The second-order valence-corrected chi connectivity index (χ2v) is 6.63. The zero-order chi connectivity index (χ0) is 18.1. The molecule has 0 saturated carbocycles. The number of hydrogen-bond donors (Lipinski definition) is 3. The van der Waals surface area contributed by atoms with Gasteiger partial charge in [-0.2, -0.15) is 5.10 Å². The number of carbonyl (C=O) groups is 1. The molecule has 0 radical (unpaired) electrons. The summed E-state index contributed by atoms with van der Waals surface area (Å²) in [6.07, 6.45) is 5.49. The SMILES string of the molecule is Cc1ccc(-c2ncc(C(=O)N[C@H]3CCc4[nH]ncc4C3)c(=O)[nH]2)cc1. The minimum Gasteiger partial charge on any atom is -0.349 e. The number of aryl methyl sites for hydroxylation is 2. The molecule has 7 heteroatoms. The van der Waals surface area contributed by atoms with Crippen LogP contribution in [0.5, 0.6) is 0 Å². The Morgan fingerprint density at radius 1 is 1.23 bits per heavy atom. The normalized spacial score (nSPS) is 16.1. The van der Waals surface area contributed by atoms with Crippen molar-refractivity contribution in [2.75, 3.05) is 0 Å². The standard InChI is InChI=1S/C19H19N5O2/c1-11-2-4-12(5-3-11)17-20-10-15(19(26)23-17)18(25)22-14-6-7-16-13(8-14)9-21-24-16/h2-5,9-10,14H,6-8H2,1H3,(H,21,24)(H,22,25)(H,20,23,26)/t14-/m0/s1. The van der Waals surface area contributed by atoms with Crippen molar-refractivity contribution in [3.8, 4) is 11.4 Å². The van der Waals surface area contributed by atoms with Gasteiger partial charge in [0.2, 0.25) is 0 Å². The van der Waals surface area contributed by atoms with Crippen molar-refractivity contribution in [2.24, 2.45) is 0 Å². The lowest BCUT2D eigenvalue weighted by Gasteiger charge is -2.22. The van der Waals surface area contributed by atoms with E-state index in [1.807, 2.05) is 31.2 Å². The number of carbonyl (C=O) groups excluding carboxylic acids is 1. The van der Waals surface area contributed by atoms with Crippen LogP contribution >= 0.6 is 0 Å². The highest BCUT2D eigenvalue weighted by Crippen LogP contribution is 2.19. The summed E-state index contributed by atoms with van der Waals surface area (Å²) >= 11 is 0. The highest BCUT2D eigenvalue weighted by atomic mass is 16.2. The maximum absolute atomic E-state index is 12.5. The Hall–Kier alpha value is -3.22. The van der Waals surface area contributed by atoms with Crippen LogP contribution in [0.2, 0.25) is 0 Å². The van der Waals surface area contributed by atoms with Crippen LogP contribution in [0.15, 0.2) is 41.5 Å². The van der Waals surface area contributed by atoms with Crippen molar-refractivity contribution in [3.63, 3.8) is 0 Å². The topological polar surface area (TPSA) is 104 Å². The van der Waals surface area contributed by atoms with Gasteiger partial charge in [0.05, 0.1) is 6.20 Å². The van der Waals surface area contributed by atoms with E-state index in [2.05, 4.69) is 25.5 Å². The fourth-order valence-corrected chi connectivity index (χ4v) is 3.22. The van der Waals surface area contributed by atoms with Crippen LogP contribution in [0.1, 0.15) is 33.6 Å². The van der Waals surface area contributed by atoms with E-state index in [-0.39, 0.29) is 11.6 Å². The molecule has 1 aliphatic carbocycles. The lowest BCUT2D eigenvalue weighted by molar-refractivity contribution is 0.0931. The van der Waals surface area contributed by atoms with Crippen LogP contribution in [0.4, 0.5) is 0 Å². The predicted octanol–water partition coefficient (Wildman–Crippen LogP) is 1.76. The van der Waals surface area contributed by atoms with E-state index < -0.39 is 11.5 Å². The molecule has 2 heterocycles. The number of hydrogen-bond acceptors (Lipinski definition) is 4. The van der Waals surface area contributed by atoms with Crippen LogP contribution in [0.25, 0.3) is 11.4 Å². The summed E-state index contributed by atoms with van der Waals surface area (Å²) in [6.45, 7) is 1.99. The molecule has 3 N–H and O–H groups in total. The third kappa shape index (κ3) is 3.15. The van der Waals surface area contributed by atoms with E-state index in [1.165, 1.54) is 6.20 Å². The fraction of sp³-hybridized carbons (Fsp3) is 0.263. The van der Waals surface area contributed by atoms with Crippen LogP contribution < -0.4 is 10.9 Å². The first kappa shape index (κ1) is 16.3. The Morgan fingerprint density at radius 3 is 2.81 bits per heavy atom. The van der Waals surface area contributed by atoms with Crippen molar-refractivity contribution < 1.29 is 4.79 Å². The average Bonchev–Trinajstić information content (AvgIpc) is 3.10. The molecule has 132 valence electrons. The first-order chi connectivity index (χ1) is 12.6. The van der Waals surface area contributed by atoms with Crippen LogP contribution in [0.3, 0.4) is 0 Å². The molecular weight excluding hydrogens is 330 g/mol. The van der Waals surface area contributed by atoms with E-state index >= 15 is 0 Å². The molecule has 1 aliphatic rings. The Balaban J connectivity index is 1.50. The summed E-state index contributed by atoms with van der Waals surface area (Å²) in [6, 6.07) is 7.66. The van der Waals surface area contributed by atoms with Crippen LogP contribution in [0, 0.1) is 6.92 Å². The van der Waals surface area contributed by atoms with E-state index in [1.54, 1.807) is 6.20 Å². The number of nitrogens with one attached hydrogen (secondary N) is 3. The van der Waals surface area contributed by atoms with Gasteiger partial charge in [0.15, 0.2) is 0 Å². The van der Waals surface area contributed by atoms with Gasteiger partial charge in [-0.15, -0.1) is 0 Å². The van der Waals surface area contributed by atoms with Crippen molar-refractivity contribution in [2.45, 2.75) is 32.2 Å². The number of H-pyrrole nitrogens is 2. The molecule has 1 amide bonds. The molecule has 0 bridgehead atoms. The molecule has 2 aromatic heterocycles. The van der Waals surface area contributed by atoms with Gasteiger partial charge in [-0.3, -0.25) is 14.7 Å². The smallest absolute Gasteiger partial charge is 0.264 e. The Bertz CT molecular complexity index is 1000. The lowest BCUT2D eigenvalue weighted by Crippen LogP contribution is -2.40. The Labute approximate surface area is 149 Å². The van der Waals surface area contributed by atoms with Gasteiger partial charge >= 0.3 is 0 Å². The molecule has 7 nitrogen and oxygen atoms in total. The zero-order valence-corrected chi connectivity index (χ0v) is 14.4. The molecule has 26 heavy (non-hydrogen) atoms. The summed E-state index contributed by atoms with van der Waals surface area (Å²) in [5, 5.41) is 9.93.